The van der Waals surface area contributed by atoms with Crippen LogP contribution < -0.4 is 15.6 Å². The highest BCUT2D eigenvalue weighted by Gasteiger charge is 2.08. The zero-order valence-corrected chi connectivity index (χ0v) is 14.6. The molecule has 0 saturated carbocycles. The number of hydrogen-bond acceptors (Lipinski definition) is 5. The van der Waals surface area contributed by atoms with Gasteiger partial charge in [0, 0.05) is 18.4 Å². The largest absolute Gasteiger partial charge is 0.497 e. The first kappa shape index (κ1) is 18.1. The second-order valence-electron chi connectivity index (χ2n) is 5.21. The topological polar surface area (TPSA) is 84.1 Å². The van der Waals surface area contributed by atoms with E-state index in [0.29, 0.717) is 23.1 Å². The van der Waals surface area contributed by atoms with E-state index in [9.17, 15) is 9.59 Å². The maximum absolute atomic E-state index is 11.8. The number of nitrogens with one attached hydrogen (secondary N) is 2. The van der Waals surface area contributed by atoms with Crippen LogP contribution in [0.25, 0.3) is 0 Å². The van der Waals surface area contributed by atoms with Crippen molar-refractivity contribution < 1.29 is 9.53 Å². The van der Waals surface area contributed by atoms with Crippen LogP contribution in [-0.2, 0) is 17.0 Å². The summed E-state index contributed by atoms with van der Waals surface area (Å²) in [5, 5.41) is 3.28. The summed E-state index contributed by atoms with van der Waals surface area (Å²) in [6.07, 6.45) is 0.979. The molecule has 0 saturated heterocycles. The van der Waals surface area contributed by atoms with Crippen LogP contribution in [-0.4, -0.2) is 29.5 Å². The van der Waals surface area contributed by atoms with Crippen LogP contribution in [0.15, 0.2) is 40.3 Å². The highest BCUT2D eigenvalue weighted by atomic mass is 32.2. The Kier molecular flexibility index (Phi) is 6.87. The van der Waals surface area contributed by atoms with E-state index < -0.39 is 0 Å². The first-order valence-corrected chi connectivity index (χ1v) is 8.72. The summed E-state index contributed by atoms with van der Waals surface area (Å²) in [6.45, 7) is 2.61. The Balaban J connectivity index is 2.02. The standard InChI is InChI=1S/C17H21N3O3S/c1-3-7-18-15(21)9-13-10-16(22)20-17(19-13)24-11-12-5-4-6-14(8-12)23-2/h4-6,8,10H,3,7,9,11H2,1-2H3,(H,18,21)(H,19,20,22). The molecule has 0 spiro atoms. The summed E-state index contributed by atoms with van der Waals surface area (Å²) in [5.41, 5.74) is 1.28. The van der Waals surface area contributed by atoms with Crippen LogP contribution in [0.3, 0.4) is 0 Å². The molecule has 2 rings (SSSR count). The maximum Gasteiger partial charge on any atom is 0.251 e. The highest BCUT2D eigenvalue weighted by Crippen LogP contribution is 2.21. The van der Waals surface area contributed by atoms with Gasteiger partial charge in [0.1, 0.15) is 5.75 Å². The van der Waals surface area contributed by atoms with E-state index in [2.05, 4.69) is 15.3 Å². The van der Waals surface area contributed by atoms with Crippen molar-refractivity contribution in [2.24, 2.45) is 0 Å². The Hall–Kier alpha value is -2.28. The van der Waals surface area contributed by atoms with Gasteiger partial charge in [-0.25, -0.2) is 4.98 Å². The lowest BCUT2D eigenvalue weighted by atomic mass is 10.2. The van der Waals surface area contributed by atoms with Crippen LogP contribution in [0, 0.1) is 0 Å². The minimum atomic E-state index is -0.253. The fraction of sp³-hybridized carbons (Fsp3) is 0.353. The second kappa shape index (κ2) is 9.12. The van der Waals surface area contributed by atoms with E-state index in [1.165, 1.54) is 17.8 Å². The van der Waals surface area contributed by atoms with Crippen LogP contribution in [0.5, 0.6) is 5.75 Å². The number of H-pyrrole nitrogens is 1. The van der Waals surface area contributed by atoms with Gasteiger partial charge >= 0.3 is 0 Å². The molecule has 1 aromatic heterocycles. The van der Waals surface area contributed by atoms with Crippen molar-refractivity contribution in [3.05, 3.63) is 51.9 Å². The molecule has 0 bridgehead atoms. The SMILES string of the molecule is CCCNC(=O)Cc1cc(=O)[nH]c(SCc2cccc(OC)c2)n1. The summed E-state index contributed by atoms with van der Waals surface area (Å²) < 4.78 is 5.19. The molecule has 0 unspecified atom stereocenters. The molecule has 0 aliphatic rings. The molecule has 24 heavy (non-hydrogen) atoms. The quantitative estimate of drug-likeness (QED) is 0.565. The number of methoxy groups -OCH3 is 1. The molecule has 0 radical (unpaired) electrons. The Morgan fingerprint density at radius 2 is 2.21 bits per heavy atom. The monoisotopic (exact) mass is 347 g/mol. The number of benzene rings is 1. The molecule has 2 N–H and O–H groups in total. The number of hydrogen-bond donors (Lipinski definition) is 2. The number of thioether (sulfide) groups is 1. The van der Waals surface area contributed by atoms with E-state index in [-0.39, 0.29) is 17.9 Å². The fourth-order valence-electron chi connectivity index (χ4n) is 2.05. The minimum Gasteiger partial charge on any atom is -0.497 e. The van der Waals surface area contributed by atoms with E-state index in [0.717, 1.165) is 17.7 Å². The molecule has 0 aliphatic carbocycles. The molecule has 1 amide bonds. The van der Waals surface area contributed by atoms with Gasteiger partial charge in [-0.05, 0) is 24.1 Å². The number of carbonyl (C=O) groups excluding carboxylic acids is 1. The first-order chi connectivity index (χ1) is 11.6. The predicted molar refractivity (Wildman–Crippen MR) is 94.4 cm³/mol. The van der Waals surface area contributed by atoms with Crippen molar-refractivity contribution in [2.45, 2.75) is 30.7 Å². The summed E-state index contributed by atoms with van der Waals surface area (Å²) >= 11 is 1.41. The van der Waals surface area contributed by atoms with Gasteiger partial charge in [0.25, 0.3) is 5.56 Å². The lowest BCUT2D eigenvalue weighted by molar-refractivity contribution is -0.120. The van der Waals surface area contributed by atoms with E-state index in [1.54, 1.807) is 7.11 Å². The summed E-state index contributed by atoms with van der Waals surface area (Å²) in [4.78, 5) is 30.6. The molecular weight excluding hydrogens is 326 g/mol. The molecular formula is C17H21N3O3S. The minimum absolute atomic E-state index is 0.108. The molecule has 0 fully saturated rings. The number of carbonyl (C=O) groups is 1. The second-order valence-corrected chi connectivity index (χ2v) is 6.17. The van der Waals surface area contributed by atoms with Crippen molar-refractivity contribution >= 4 is 17.7 Å². The van der Waals surface area contributed by atoms with Crippen molar-refractivity contribution in [2.75, 3.05) is 13.7 Å². The van der Waals surface area contributed by atoms with E-state index >= 15 is 0 Å². The number of ether oxygens (including phenoxy) is 1. The zero-order chi connectivity index (χ0) is 17.4. The Morgan fingerprint density at radius 1 is 1.38 bits per heavy atom. The molecule has 1 heterocycles. The van der Waals surface area contributed by atoms with Crippen molar-refractivity contribution in [1.29, 1.82) is 0 Å². The van der Waals surface area contributed by atoms with Crippen LogP contribution >= 0.6 is 11.8 Å². The number of rotatable bonds is 8. The smallest absolute Gasteiger partial charge is 0.251 e. The third kappa shape index (κ3) is 5.73. The fourth-order valence-corrected chi connectivity index (χ4v) is 2.89. The van der Waals surface area contributed by atoms with Crippen LogP contribution in [0.2, 0.25) is 0 Å². The van der Waals surface area contributed by atoms with Gasteiger partial charge < -0.3 is 15.0 Å². The third-order valence-electron chi connectivity index (χ3n) is 3.20. The van der Waals surface area contributed by atoms with Gasteiger partial charge in [0.15, 0.2) is 5.16 Å². The molecule has 0 atom stereocenters. The normalized spacial score (nSPS) is 10.4. The third-order valence-corrected chi connectivity index (χ3v) is 4.14. The van der Waals surface area contributed by atoms with Gasteiger partial charge in [0.2, 0.25) is 5.91 Å². The van der Waals surface area contributed by atoms with Gasteiger partial charge in [-0.3, -0.25) is 9.59 Å². The van der Waals surface area contributed by atoms with Crippen LogP contribution in [0.1, 0.15) is 24.6 Å². The molecule has 0 aliphatic heterocycles. The van der Waals surface area contributed by atoms with Crippen molar-refractivity contribution in [3.8, 4) is 5.75 Å². The molecule has 7 heteroatoms. The van der Waals surface area contributed by atoms with E-state index in [4.69, 9.17) is 4.74 Å². The summed E-state index contributed by atoms with van der Waals surface area (Å²) in [5.74, 6) is 1.31. The van der Waals surface area contributed by atoms with Gasteiger partial charge in [-0.2, -0.15) is 0 Å². The Bertz CT molecular complexity index is 746. The average Bonchev–Trinajstić information content (AvgIpc) is 2.58. The average molecular weight is 347 g/mol. The highest BCUT2D eigenvalue weighted by molar-refractivity contribution is 7.98. The number of nitrogens with zero attached hydrogens (tertiary/aromatic N) is 1. The lowest BCUT2D eigenvalue weighted by Gasteiger charge is -2.06. The number of amides is 1. The van der Waals surface area contributed by atoms with Crippen LogP contribution in [0.4, 0.5) is 0 Å². The maximum atomic E-state index is 11.8. The van der Waals surface area contributed by atoms with Crippen molar-refractivity contribution in [1.82, 2.24) is 15.3 Å². The molecule has 128 valence electrons. The molecule has 2 aromatic rings. The first-order valence-electron chi connectivity index (χ1n) is 7.73. The zero-order valence-electron chi connectivity index (χ0n) is 13.8. The summed E-state index contributed by atoms with van der Waals surface area (Å²) in [7, 11) is 1.62. The van der Waals surface area contributed by atoms with Crippen molar-refractivity contribution in [3.63, 3.8) is 0 Å². The van der Waals surface area contributed by atoms with Gasteiger partial charge in [0.05, 0.1) is 19.2 Å². The molecule has 6 nitrogen and oxygen atoms in total. The number of aromatic amines is 1. The van der Waals surface area contributed by atoms with E-state index in [1.807, 2.05) is 31.2 Å². The lowest BCUT2D eigenvalue weighted by Crippen LogP contribution is -2.26. The Morgan fingerprint density at radius 3 is 2.96 bits per heavy atom. The number of aromatic nitrogens is 2. The predicted octanol–water partition coefficient (Wildman–Crippen LogP) is 2.14. The summed E-state index contributed by atoms with van der Waals surface area (Å²) in [6, 6.07) is 9.08. The van der Waals surface area contributed by atoms with Gasteiger partial charge in [-0.1, -0.05) is 30.8 Å². The Labute approximate surface area is 145 Å². The molecule has 1 aromatic carbocycles. The van der Waals surface area contributed by atoms with Gasteiger partial charge in [-0.15, -0.1) is 0 Å².